The number of nitrogens with zero attached hydrogens (tertiary/aromatic N) is 1. The van der Waals surface area contributed by atoms with Crippen LogP contribution in [0, 0.1) is 21.4 Å². The fourth-order valence-electron chi connectivity index (χ4n) is 6.64. The molecule has 0 aliphatic rings. The van der Waals surface area contributed by atoms with E-state index in [0.717, 1.165) is 4.90 Å². The van der Waals surface area contributed by atoms with Crippen molar-refractivity contribution in [1.29, 1.82) is 0 Å². The zero-order valence-electron chi connectivity index (χ0n) is 41.7. The molecule has 0 radical (unpaired) electrons. The quantitative estimate of drug-likeness (QED) is 0.0308. The molecule has 9 amide bonds. The van der Waals surface area contributed by atoms with Crippen molar-refractivity contribution < 1.29 is 89.1 Å². The van der Waals surface area contributed by atoms with Gasteiger partial charge < -0.3 is 88.5 Å². The molecular formula is C45H51I9N10O18. The molecule has 18 N–H and O–H groups in total. The number of halogens is 9. The van der Waals surface area contributed by atoms with Gasteiger partial charge in [-0.1, -0.05) is 67.8 Å². The van der Waals surface area contributed by atoms with E-state index in [1.807, 2.05) is 67.8 Å². The summed E-state index contributed by atoms with van der Waals surface area (Å²) in [5.74, 6) is -7.92. The second kappa shape index (κ2) is 37.2. The maximum atomic E-state index is 15.7. The molecule has 3 rings (SSSR count). The van der Waals surface area contributed by atoms with Crippen molar-refractivity contribution in [1.82, 2.24) is 21.3 Å². The Morgan fingerprint density at radius 2 is 0.780 bits per heavy atom. The van der Waals surface area contributed by atoms with Gasteiger partial charge in [-0.05, 0) is 154 Å². The van der Waals surface area contributed by atoms with E-state index < -0.39 is 142 Å². The third-order valence-corrected chi connectivity index (χ3v) is 20.1. The van der Waals surface area contributed by atoms with Gasteiger partial charge >= 0.3 is 0 Å². The minimum atomic E-state index is -1.64. The highest BCUT2D eigenvalue weighted by atomic mass is 127. The molecule has 6 unspecified atom stereocenters. The molecule has 82 heavy (non-hydrogen) atoms. The Balaban J connectivity index is 2.38. The van der Waals surface area contributed by atoms with Crippen LogP contribution < -0.4 is 52.8 Å². The van der Waals surface area contributed by atoms with Crippen molar-refractivity contribution in [3.8, 4) is 0 Å². The Kier molecular flexibility index (Phi) is 34.1. The van der Waals surface area contributed by atoms with E-state index in [1.165, 1.54) is 18.2 Å². The molecular weight excluding hydrogens is 2110 g/mol. The Hall–Kier alpha value is -0.940. The molecule has 0 heterocycles. The van der Waals surface area contributed by atoms with Gasteiger partial charge in [0.1, 0.15) is 25.9 Å². The van der Waals surface area contributed by atoms with Crippen LogP contribution in [0.5, 0.6) is 0 Å². The van der Waals surface area contributed by atoms with Gasteiger partial charge in [0.15, 0.2) is 0 Å². The molecule has 0 aromatic heterocycles. The molecule has 452 valence electrons. The fourth-order valence-corrected chi connectivity index (χ4v) is 14.9. The molecule has 0 fully saturated rings. The molecule has 0 aliphatic carbocycles. The molecule has 3 aromatic rings. The number of benzene rings is 3. The highest BCUT2D eigenvalue weighted by molar-refractivity contribution is 14.1. The first-order valence-electron chi connectivity index (χ1n) is 23.1. The van der Waals surface area contributed by atoms with Crippen molar-refractivity contribution >= 4 is 291 Å². The minimum Gasteiger partial charge on any atom is -0.394 e. The lowest BCUT2D eigenvalue weighted by Crippen LogP contribution is -2.59. The van der Waals surface area contributed by atoms with Gasteiger partial charge in [-0.3, -0.25) is 53.4 Å². The first kappa shape index (κ1) is 75.3. The topological polar surface area (TPSA) is 447 Å². The van der Waals surface area contributed by atoms with Gasteiger partial charge in [0, 0.05) is 32.9 Å². The number of alkyl halides is 3. The molecule has 0 saturated carbocycles. The number of aliphatic hydroxyl groups is 9. The zero-order chi connectivity index (χ0) is 61.9. The van der Waals surface area contributed by atoms with Crippen LogP contribution >= 0.6 is 203 Å². The van der Waals surface area contributed by atoms with Crippen LogP contribution in [0.2, 0.25) is 0 Å². The summed E-state index contributed by atoms with van der Waals surface area (Å²) in [5, 5.41) is 111. The number of amides is 9. The highest BCUT2D eigenvalue weighted by Crippen LogP contribution is 2.40. The first-order chi connectivity index (χ1) is 38.7. The lowest BCUT2D eigenvalue weighted by molar-refractivity contribution is -0.124. The van der Waals surface area contributed by atoms with Crippen LogP contribution in [-0.4, -0.2) is 208 Å². The fraction of sp³-hybridized carbons (Fsp3) is 0.400. The number of aliphatic hydroxyl groups excluding tert-OH is 9. The van der Waals surface area contributed by atoms with Crippen molar-refractivity contribution in [3.05, 3.63) is 56.3 Å². The largest absolute Gasteiger partial charge is 0.394 e. The van der Waals surface area contributed by atoms with Gasteiger partial charge in [-0.2, -0.15) is 0 Å². The Bertz CT molecular complexity index is 2880. The minimum absolute atomic E-state index is 0.0201. The second-order valence-electron chi connectivity index (χ2n) is 16.6. The van der Waals surface area contributed by atoms with E-state index in [0.29, 0.717) is 0 Å². The summed E-state index contributed by atoms with van der Waals surface area (Å²) in [6, 6.07) is -0.612. The number of hydrogen-bond acceptors (Lipinski definition) is 19. The lowest BCUT2D eigenvalue weighted by Gasteiger charge is -2.35. The van der Waals surface area contributed by atoms with Crippen molar-refractivity contribution in [2.24, 2.45) is 0 Å². The smallest absolute Gasteiger partial charge is 0.252 e. The Morgan fingerprint density at radius 1 is 0.439 bits per heavy atom. The van der Waals surface area contributed by atoms with Crippen molar-refractivity contribution in [3.63, 3.8) is 0 Å². The van der Waals surface area contributed by atoms with Crippen LogP contribution in [0.4, 0.5) is 34.1 Å². The first-order valence-corrected chi connectivity index (χ1v) is 34.2. The third kappa shape index (κ3) is 20.8. The van der Waals surface area contributed by atoms with Crippen LogP contribution in [-0.2, 0) is 28.8 Å². The molecule has 0 saturated heterocycles. The average Bonchev–Trinajstić information content (AvgIpc) is 3.63. The van der Waals surface area contributed by atoms with Crippen LogP contribution in [0.25, 0.3) is 0 Å². The normalized spacial score (nSPS) is 13.3. The number of hydrogen-bond donors (Lipinski definition) is 18. The standard InChI is InChI=1S/C45H51I9N10O18/c46-4-24(43(80)59-22-1-19(40(77)55-7-16(71)10-65)31(49)37(34(22)52)61-28(74)13-68)58-25(5-47)45(82)64(26-3-21(42(79)57-9-18(73)12-67)33(51)39(36(26)54)63-30(76)15-70)27(6-48)44(81)60-23-2-20(41(78)56-8-17(72)11-66)32(50)38(35(23)53)62-29(75)14-69/h1-3,16-18,24-25,27,58,65-73H,4-15H2,(H,55,77)(H,56,78)(H,57,79)(H,59,80)(H,60,81)(H,61,74)(H,62,75)(H,63,76). The number of nitrogens with one attached hydrogen (secondary N) is 9. The summed E-state index contributed by atoms with van der Waals surface area (Å²) in [6.45, 7) is -6.33. The monoisotopic (exact) mass is 2160 g/mol. The molecule has 37 heteroatoms. The third-order valence-electron chi connectivity index (χ3n) is 10.8. The SMILES string of the molecule is O=C(CO)Nc1c(I)c(NC(=O)C(CI)NC(CI)C(=O)N(c2cc(C(=O)NCC(O)CO)c(I)c(NC(=O)CO)c2I)C(CI)C(=O)Nc2cc(C(=O)NCC(O)CO)c(I)c(NC(=O)CO)c2I)cc(C(=O)NCC(O)CO)c1I. The maximum absolute atomic E-state index is 15.7. The van der Waals surface area contributed by atoms with E-state index in [4.69, 9.17) is 0 Å². The van der Waals surface area contributed by atoms with E-state index in [2.05, 4.69) is 47.9 Å². The van der Waals surface area contributed by atoms with Gasteiger partial charge in [0.25, 0.3) is 17.7 Å². The molecule has 0 spiro atoms. The van der Waals surface area contributed by atoms with Gasteiger partial charge in [0.2, 0.25) is 35.4 Å². The molecule has 0 aliphatic heterocycles. The lowest BCUT2D eigenvalue weighted by atomic mass is 10.1. The summed E-state index contributed by atoms with van der Waals surface area (Å²) in [7, 11) is 0. The Morgan fingerprint density at radius 3 is 1.11 bits per heavy atom. The van der Waals surface area contributed by atoms with Crippen LogP contribution in [0.15, 0.2) is 18.2 Å². The van der Waals surface area contributed by atoms with Gasteiger partial charge in [-0.25, -0.2) is 0 Å². The van der Waals surface area contributed by atoms with E-state index in [9.17, 15) is 79.5 Å². The number of carbonyl (C=O) groups is 9. The Labute approximate surface area is 589 Å². The van der Waals surface area contributed by atoms with Crippen LogP contribution in [0.1, 0.15) is 31.1 Å². The van der Waals surface area contributed by atoms with Crippen LogP contribution in [0.3, 0.4) is 0 Å². The summed E-state index contributed by atoms with van der Waals surface area (Å²) in [5.41, 5.74) is -0.976. The summed E-state index contributed by atoms with van der Waals surface area (Å²) < 4.78 is 0.253. The number of carbonyl (C=O) groups excluding carboxylic acids is 9. The van der Waals surface area contributed by atoms with Gasteiger partial charge in [0.05, 0.1) is 122 Å². The molecule has 28 nitrogen and oxygen atoms in total. The molecule has 6 atom stereocenters. The van der Waals surface area contributed by atoms with Crippen molar-refractivity contribution in [2.75, 3.05) is 104 Å². The predicted octanol–water partition coefficient (Wildman–Crippen LogP) is -0.0336. The molecule has 0 bridgehead atoms. The van der Waals surface area contributed by atoms with E-state index in [1.54, 1.807) is 136 Å². The van der Waals surface area contributed by atoms with Crippen molar-refractivity contribution in [2.45, 2.75) is 36.4 Å². The number of rotatable bonds is 30. The second-order valence-corrected chi connectivity index (χ2v) is 25.7. The van der Waals surface area contributed by atoms with E-state index in [-0.39, 0.29) is 92.1 Å². The average molecular weight is 2160 g/mol. The number of anilines is 6. The predicted molar refractivity (Wildman–Crippen MR) is 375 cm³/mol. The summed E-state index contributed by atoms with van der Waals surface area (Å²) in [4.78, 5) is 125. The zero-order valence-corrected chi connectivity index (χ0v) is 61.1. The summed E-state index contributed by atoms with van der Waals surface area (Å²) in [6.07, 6.45) is -4.10. The van der Waals surface area contributed by atoms with E-state index >= 15 is 9.59 Å². The highest BCUT2D eigenvalue weighted by Gasteiger charge is 2.39. The molecule has 3 aromatic carbocycles. The van der Waals surface area contributed by atoms with Gasteiger partial charge in [-0.15, -0.1) is 0 Å². The summed E-state index contributed by atoms with van der Waals surface area (Å²) >= 11 is 16.2. The maximum Gasteiger partial charge on any atom is 0.252 e.